The van der Waals surface area contributed by atoms with Gasteiger partial charge in [-0.05, 0) is 38.6 Å². The van der Waals surface area contributed by atoms with Gasteiger partial charge in [0.1, 0.15) is 5.82 Å². The van der Waals surface area contributed by atoms with Gasteiger partial charge in [0.05, 0.1) is 17.8 Å². The van der Waals surface area contributed by atoms with Gasteiger partial charge in [-0.2, -0.15) is 0 Å². The van der Waals surface area contributed by atoms with Gasteiger partial charge in [-0.3, -0.25) is 0 Å². The number of para-hydroxylation sites is 1. The third kappa shape index (κ3) is 2.76. The predicted octanol–water partition coefficient (Wildman–Crippen LogP) is 1.69. The monoisotopic (exact) mass is 238 g/mol. The van der Waals surface area contributed by atoms with Crippen molar-refractivity contribution in [1.29, 1.82) is 0 Å². The topological polar surface area (TPSA) is 35.5 Å². The van der Waals surface area contributed by atoms with Gasteiger partial charge in [0.25, 0.3) is 0 Å². The third-order valence-electron chi connectivity index (χ3n) is 3.34. The van der Waals surface area contributed by atoms with Crippen LogP contribution in [0.15, 0.2) is 24.3 Å². The van der Waals surface area contributed by atoms with E-state index in [0.29, 0.717) is 5.69 Å². The van der Waals surface area contributed by atoms with Gasteiger partial charge in [0, 0.05) is 6.54 Å². The van der Waals surface area contributed by atoms with Crippen molar-refractivity contribution in [2.75, 3.05) is 32.1 Å². The van der Waals surface area contributed by atoms with E-state index in [0.717, 1.165) is 25.9 Å². The number of anilines is 1. The van der Waals surface area contributed by atoms with E-state index in [1.54, 1.807) is 18.2 Å². The number of nitrogens with one attached hydrogen (secondary N) is 1. The molecule has 0 spiro atoms. The summed E-state index contributed by atoms with van der Waals surface area (Å²) in [5.41, 5.74) is 0.0479. The lowest BCUT2D eigenvalue weighted by molar-refractivity contribution is 0.124. The van der Waals surface area contributed by atoms with Crippen LogP contribution in [0.3, 0.4) is 0 Å². The number of nitrogens with zero attached hydrogens (tertiary/aromatic N) is 1. The molecule has 2 N–H and O–H groups in total. The first-order valence-corrected chi connectivity index (χ1v) is 5.97. The normalized spacial score (nSPS) is 25.8. The van der Waals surface area contributed by atoms with Crippen LogP contribution in [0.25, 0.3) is 0 Å². The Labute approximate surface area is 101 Å². The molecule has 17 heavy (non-hydrogen) atoms. The molecular formula is C13H19FN2O. The van der Waals surface area contributed by atoms with Crippen LogP contribution < -0.4 is 5.32 Å². The zero-order valence-electron chi connectivity index (χ0n) is 10.1. The molecule has 1 saturated heterocycles. The second-order valence-electron chi connectivity index (χ2n) is 4.88. The first kappa shape index (κ1) is 12.3. The van der Waals surface area contributed by atoms with E-state index in [9.17, 15) is 9.50 Å². The maximum absolute atomic E-state index is 13.6. The quantitative estimate of drug-likeness (QED) is 0.841. The second kappa shape index (κ2) is 5.02. The smallest absolute Gasteiger partial charge is 0.146 e. The van der Waals surface area contributed by atoms with Gasteiger partial charge in [-0.15, -0.1) is 0 Å². The van der Waals surface area contributed by atoms with Crippen LogP contribution in [0.2, 0.25) is 0 Å². The molecule has 0 aliphatic carbocycles. The summed E-state index contributed by atoms with van der Waals surface area (Å²) in [6.45, 7) is 1.78. The fourth-order valence-electron chi connectivity index (χ4n) is 2.48. The summed E-state index contributed by atoms with van der Waals surface area (Å²) in [6.07, 6.45) is 1.88. The van der Waals surface area contributed by atoms with Crippen molar-refractivity contribution < 1.29 is 9.50 Å². The molecule has 3 nitrogen and oxygen atoms in total. The molecule has 1 fully saturated rings. The number of hydrogen-bond donors (Lipinski definition) is 2. The van der Waals surface area contributed by atoms with Gasteiger partial charge >= 0.3 is 0 Å². The molecule has 0 amide bonds. The van der Waals surface area contributed by atoms with Gasteiger partial charge in [0.15, 0.2) is 0 Å². The van der Waals surface area contributed by atoms with E-state index >= 15 is 0 Å². The fourth-order valence-corrected chi connectivity index (χ4v) is 2.48. The number of likely N-dealkylation sites (tertiary alicyclic amines) is 1. The molecule has 0 bridgehead atoms. The average molecular weight is 238 g/mol. The van der Waals surface area contributed by atoms with Crippen molar-refractivity contribution in [2.24, 2.45) is 0 Å². The lowest BCUT2D eigenvalue weighted by atomic mass is 9.89. The summed E-state index contributed by atoms with van der Waals surface area (Å²) in [4.78, 5) is 2.16. The Kier molecular flexibility index (Phi) is 3.64. The standard InChI is InChI=1S/C13H19FN2O/c1-16-8-4-7-13(9-16,10-17)15-12-6-3-2-5-11(12)14/h2-3,5-6,15,17H,4,7-10H2,1H3. The summed E-state index contributed by atoms with van der Waals surface area (Å²) < 4.78 is 13.6. The highest BCUT2D eigenvalue weighted by Crippen LogP contribution is 2.26. The second-order valence-corrected chi connectivity index (χ2v) is 4.88. The first-order chi connectivity index (χ1) is 8.15. The van der Waals surface area contributed by atoms with Crippen LogP contribution >= 0.6 is 0 Å². The number of likely N-dealkylation sites (N-methyl/N-ethyl adjacent to an activating group) is 1. The number of halogens is 1. The summed E-state index contributed by atoms with van der Waals surface area (Å²) in [5, 5.41) is 12.8. The summed E-state index contributed by atoms with van der Waals surface area (Å²) in [7, 11) is 2.02. The van der Waals surface area contributed by atoms with Gasteiger partial charge < -0.3 is 15.3 Å². The number of rotatable bonds is 3. The molecule has 1 atom stereocenters. The molecule has 0 aromatic heterocycles. The van der Waals surface area contributed by atoms with Crippen LogP contribution in [-0.4, -0.2) is 42.3 Å². The zero-order chi connectivity index (χ0) is 12.3. The van der Waals surface area contributed by atoms with Gasteiger partial charge in [0.2, 0.25) is 0 Å². The maximum Gasteiger partial charge on any atom is 0.146 e. The molecule has 0 radical (unpaired) electrons. The summed E-state index contributed by atoms with van der Waals surface area (Å²) in [6, 6.07) is 6.60. The molecule has 1 aliphatic heterocycles. The number of piperidine rings is 1. The molecule has 1 aliphatic rings. The van der Waals surface area contributed by atoms with Crippen LogP contribution in [-0.2, 0) is 0 Å². The van der Waals surface area contributed by atoms with E-state index in [2.05, 4.69) is 10.2 Å². The van der Waals surface area contributed by atoms with E-state index in [1.807, 2.05) is 7.05 Å². The van der Waals surface area contributed by atoms with Crippen molar-refractivity contribution in [1.82, 2.24) is 4.90 Å². The Bertz CT molecular complexity index is 385. The molecule has 1 aromatic rings. The minimum Gasteiger partial charge on any atom is -0.394 e. The Hall–Kier alpha value is -1.13. The predicted molar refractivity (Wildman–Crippen MR) is 66.6 cm³/mol. The van der Waals surface area contributed by atoms with Crippen molar-refractivity contribution in [3.05, 3.63) is 30.1 Å². The van der Waals surface area contributed by atoms with Crippen LogP contribution in [0.4, 0.5) is 10.1 Å². The highest BCUT2D eigenvalue weighted by molar-refractivity contribution is 5.47. The number of aliphatic hydroxyl groups excluding tert-OH is 1. The van der Waals surface area contributed by atoms with E-state index < -0.39 is 5.54 Å². The van der Waals surface area contributed by atoms with E-state index in [-0.39, 0.29) is 12.4 Å². The van der Waals surface area contributed by atoms with Crippen molar-refractivity contribution in [3.8, 4) is 0 Å². The molecule has 1 heterocycles. The maximum atomic E-state index is 13.6. The molecule has 4 heteroatoms. The Morgan fingerprint density at radius 1 is 1.47 bits per heavy atom. The highest BCUT2D eigenvalue weighted by atomic mass is 19.1. The lowest BCUT2D eigenvalue weighted by Gasteiger charge is -2.41. The zero-order valence-corrected chi connectivity index (χ0v) is 10.1. The molecule has 2 rings (SSSR count). The lowest BCUT2D eigenvalue weighted by Crippen LogP contribution is -2.54. The summed E-state index contributed by atoms with van der Waals surface area (Å²) in [5.74, 6) is -0.270. The molecule has 0 saturated carbocycles. The van der Waals surface area contributed by atoms with Crippen molar-refractivity contribution in [2.45, 2.75) is 18.4 Å². The van der Waals surface area contributed by atoms with Gasteiger partial charge in [-0.25, -0.2) is 4.39 Å². The largest absolute Gasteiger partial charge is 0.394 e. The SMILES string of the molecule is CN1CCCC(CO)(Nc2ccccc2F)C1. The number of benzene rings is 1. The molecule has 1 aromatic carbocycles. The first-order valence-electron chi connectivity index (χ1n) is 5.97. The Morgan fingerprint density at radius 2 is 2.24 bits per heavy atom. The minimum atomic E-state index is -0.421. The molecule has 1 unspecified atom stereocenters. The van der Waals surface area contributed by atoms with E-state index in [1.165, 1.54) is 6.07 Å². The Morgan fingerprint density at radius 3 is 2.88 bits per heavy atom. The fraction of sp³-hybridized carbons (Fsp3) is 0.538. The number of aliphatic hydroxyl groups is 1. The third-order valence-corrected chi connectivity index (χ3v) is 3.34. The highest BCUT2D eigenvalue weighted by Gasteiger charge is 2.34. The average Bonchev–Trinajstić information content (AvgIpc) is 2.32. The Balaban J connectivity index is 2.17. The van der Waals surface area contributed by atoms with Crippen molar-refractivity contribution in [3.63, 3.8) is 0 Å². The summed E-state index contributed by atoms with van der Waals surface area (Å²) >= 11 is 0. The van der Waals surface area contributed by atoms with E-state index in [4.69, 9.17) is 0 Å². The molecule has 94 valence electrons. The van der Waals surface area contributed by atoms with Crippen LogP contribution in [0, 0.1) is 5.82 Å². The van der Waals surface area contributed by atoms with Crippen LogP contribution in [0.1, 0.15) is 12.8 Å². The minimum absolute atomic E-state index is 0.0195. The van der Waals surface area contributed by atoms with Gasteiger partial charge in [-0.1, -0.05) is 12.1 Å². The number of hydrogen-bond acceptors (Lipinski definition) is 3. The van der Waals surface area contributed by atoms with Crippen LogP contribution in [0.5, 0.6) is 0 Å². The van der Waals surface area contributed by atoms with Crippen molar-refractivity contribution >= 4 is 5.69 Å². The molecular weight excluding hydrogens is 219 g/mol.